The van der Waals surface area contributed by atoms with Gasteiger partial charge in [-0.05, 0) is 69.3 Å². The number of fused-ring (bicyclic) bond motifs is 3. The summed E-state index contributed by atoms with van der Waals surface area (Å²) in [5.41, 5.74) is 0.328. The van der Waals surface area contributed by atoms with Crippen molar-refractivity contribution in [2.24, 2.45) is 5.41 Å². The van der Waals surface area contributed by atoms with Crippen LogP contribution in [-0.4, -0.2) is 24.4 Å². The maximum atomic E-state index is 12.8. The van der Waals surface area contributed by atoms with Gasteiger partial charge in [0.1, 0.15) is 5.75 Å². The molecule has 2 bridgehead atoms. The number of ether oxygens (including phenoxy) is 1. The summed E-state index contributed by atoms with van der Waals surface area (Å²) in [5.74, 6) is -0.323. The molecule has 4 nitrogen and oxygen atoms in total. The molecule has 0 unspecified atom stereocenters. The van der Waals surface area contributed by atoms with E-state index >= 15 is 0 Å². The normalized spacial score (nSPS) is 28.6. The Bertz CT molecular complexity index is 604. The van der Waals surface area contributed by atoms with Gasteiger partial charge in [-0.15, -0.1) is 13.2 Å². The zero-order valence-electron chi connectivity index (χ0n) is 14.2. The minimum Gasteiger partial charge on any atom is -0.406 e. The Morgan fingerprint density at radius 2 is 1.64 bits per heavy atom. The van der Waals surface area contributed by atoms with Crippen LogP contribution < -0.4 is 15.4 Å². The molecule has 1 amide bonds. The molecule has 3 aliphatic rings. The summed E-state index contributed by atoms with van der Waals surface area (Å²) >= 11 is 0. The van der Waals surface area contributed by atoms with Crippen molar-refractivity contribution < 1.29 is 22.7 Å². The summed E-state index contributed by atoms with van der Waals surface area (Å²) in [6.07, 6.45) is 0.808. The molecule has 3 saturated carbocycles. The quantitative estimate of drug-likeness (QED) is 0.830. The number of carbonyl (C=O) groups is 1. The van der Waals surface area contributed by atoms with Crippen molar-refractivity contribution in [2.45, 2.75) is 57.3 Å². The van der Waals surface area contributed by atoms with E-state index in [1.54, 1.807) is 0 Å². The molecule has 0 saturated heterocycles. The van der Waals surface area contributed by atoms with Crippen LogP contribution in [0.4, 0.5) is 18.9 Å². The first-order valence-electron chi connectivity index (χ1n) is 8.68. The molecule has 0 aliphatic heterocycles. The fourth-order valence-corrected chi connectivity index (χ4v) is 4.17. The third-order valence-electron chi connectivity index (χ3n) is 5.63. The van der Waals surface area contributed by atoms with Crippen molar-refractivity contribution >= 4 is 11.6 Å². The van der Waals surface area contributed by atoms with Crippen LogP contribution >= 0.6 is 0 Å². The van der Waals surface area contributed by atoms with Crippen LogP contribution in [-0.2, 0) is 4.79 Å². The van der Waals surface area contributed by atoms with Gasteiger partial charge in [0.15, 0.2) is 0 Å². The van der Waals surface area contributed by atoms with Crippen LogP contribution in [0, 0.1) is 5.41 Å². The third-order valence-corrected chi connectivity index (χ3v) is 5.63. The molecule has 0 heterocycles. The molecule has 25 heavy (non-hydrogen) atoms. The Morgan fingerprint density at radius 1 is 1.08 bits per heavy atom. The summed E-state index contributed by atoms with van der Waals surface area (Å²) < 4.78 is 40.4. The first-order valence-corrected chi connectivity index (χ1v) is 8.68. The Morgan fingerprint density at radius 3 is 2.12 bits per heavy atom. The maximum absolute atomic E-state index is 12.8. The van der Waals surface area contributed by atoms with Gasteiger partial charge in [0.05, 0.1) is 0 Å². The number of amides is 1. The van der Waals surface area contributed by atoms with E-state index in [0.717, 1.165) is 45.1 Å². The average molecular weight is 356 g/mol. The zero-order valence-corrected chi connectivity index (χ0v) is 14.2. The number of alkyl halides is 3. The standard InChI is InChI=1S/C18H23F3N2O2/c1-2-22-17-10-7-16(8-11-17,9-12-17)15(24)23-13-3-5-14(6-4-13)25-18(19,20)21/h3-6,22H,2,7-12H2,1H3,(H,23,24). The zero-order chi connectivity index (χ0) is 18.1. The van der Waals surface area contributed by atoms with Crippen molar-refractivity contribution in [3.8, 4) is 5.75 Å². The minimum atomic E-state index is -4.72. The van der Waals surface area contributed by atoms with Crippen LogP contribution in [0.3, 0.4) is 0 Å². The van der Waals surface area contributed by atoms with Crippen molar-refractivity contribution in [1.29, 1.82) is 0 Å². The average Bonchev–Trinajstić information content (AvgIpc) is 2.57. The van der Waals surface area contributed by atoms with Gasteiger partial charge in [-0.25, -0.2) is 0 Å². The van der Waals surface area contributed by atoms with Gasteiger partial charge in [0.25, 0.3) is 0 Å². The van der Waals surface area contributed by atoms with E-state index in [1.807, 2.05) is 0 Å². The number of halogens is 3. The van der Waals surface area contributed by atoms with E-state index in [2.05, 4.69) is 22.3 Å². The minimum absolute atomic E-state index is 0.0261. The van der Waals surface area contributed by atoms with E-state index in [-0.39, 0.29) is 22.6 Å². The highest BCUT2D eigenvalue weighted by molar-refractivity contribution is 5.95. The number of nitrogens with one attached hydrogen (secondary N) is 2. The predicted octanol–water partition coefficient (Wildman–Crippen LogP) is 4.23. The van der Waals surface area contributed by atoms with E-state index in [9.17, 15) is 18.0 Å². The second-order valence-electron chi connectivity index (χ2n) is 7.12. The van der Waals surface area contributed by atoms with Crippen molar-refractivity contribution in [3.05, 3.63) is 24.3 Å². The number of carbonyl (C=O) groups excluding carboxylic acids is 1. The Balaban J connectivity index is 1.61. The first kappa shape index (κ1) is 18.0. The van der Waals surface area contributed by atoms with Crippen LogP contribution in [0.2, 0.25) is 0 Å². The molecule has 0 atom stereocenters. The van der Waals surface area contributed by atoms with E-state index in [0.29, 0.717) is 5.69 Å². The van der Waals surface area contributed by atoms with Gasteiger partial charge in [0.2, 0.25) is 5.91 Å². The van der Waals surface area contributed by atoms with Gasteiger partial charge < -0.3 is 15.4 Å². The Hall–Kier alpha value is -1.76. The SMILES string of the molecule is CCNC12CCC(C(=O)Nc3ccc(OC(F)(F)F)cc3)(CC1)CC2. The number of hydrogen-bond acceptors (Lipinski definition) is 3. The fourth-order valence-electron chi connectivity index (χ4n) is 4.17. The summed E-state index contributed by atoms with van der Waals surface area (Å²) in [5, 5.41) is 6.45. The molecule has 3 fully saturated rings. The molecule has 2 N–H and O–H groups in total. The van der Waals surface area contributed by atoms with Crippen LogP contribution in [0.1, 0.15) is 45.4 Å². The smallest absolute Gasteiger partial charge is 0.406 e. The molecule has 0 aromatic heterocycles. The van der Waals surface area contributed by atoms with Crippen molar-refractivity contribution in [2.75, 3.05) is 11.9 Å². The second kappa shape index (κ2) is 6.52. The van der Waals surface area contributed by atoms with Gasteiger partial charge in [-0.2, -0.15) is 0 Å². The largest absolute Gasteiger partial charge is 0.573 e. The summed E-state index contributed by atoms with van der Waals surface area (Å²) in [4.78, 5) is 12.8. The maximum Gasteiger partial charge on any atom is 0.573 e. The summed E-state index contributed by atoms with van der Waals surface area (Å²) in [6.45, 7) is 3.04. The summed E-state index contributed by atoms with van der Waals surface area (Å²) in [7, 11) is 0. The topological polar surface area (TPSA) is 50.4 Å². The molecule has 0 radical (unpaired) electrons. The molecule has 1 aromatic carbocycles. The molecule has 7 heteroatoms. The van der Waals surface area contributed by atoms with E-state index in [4.69, 9.17) is 0 Å². The lowest BCUT2D eigenvalue weighted by molar-refractivity contribution is -0.274. The second-order valence-corrected chi connectivity index (χ2v) is 7.12. The Labute approximate surface area is 145 Å². The Kier molecular flexibility index (Phi) is 4.70. The molecular formula is C18H23F3N2O2. The summed E-state index contributed by atoms with van der Waals surface area (Å²) in [6, 6.07) is 5.28. The highest BCUT2D eigenvalue weighted by Gasteiger charge is 2.51. The van der Waals surface area contributed by atoms with E-state index in [1.165, 1.54) is 24.3 Å². The molecule has 3 aliphatic carbocycles. The lowest BCUT2D eigenvalue weighted by Gasteiger charge is -2.52. The van der Waals surface area contributed by atoms with Gasteiger partial charge in [0, 0.05) is 16.6 Å². The fraction of sp³-hybridized carbons (Fsp3) is 0.611. The van der Waals surface area contributed by atoms with Gasteiger partial charge >= 0.3 is 6.36 Å². The molecule has 1 aromatic rings. The van der Waals surface area contributed by atoms with Gasteiger partial charge in [-0.3, -0.25) is 4.79 Å². The number of hydrogen-bond donors (Lipinski definition) is 2. The van der Waals surface area contributed by atoms with Crippen LogP contribution in [0.5, 0.6) is 5.75 Å². The van der Waals surface area contributed by atoms with Crippen molar-refractivity contribution in [1.82, 2.24) is 5.32 Å². The molecule has 138 valence electrons. The monoisotopic (exact) mass is 356 g/mol. The highest BCUT2D eigenvalue weighted by Crippen LogP contribution is 2.52. The van der Waals surface area contributed by atoms with Gasteiger partial charge in [-0.1, -0.05) is 6.92 Å². The molecule has 0 spiro atoms. The van der Waals surface area contributed by atoms with Crippen LogP contribution in [0.25, 0.3) is 0 Å². The van der Waals surface area contributed by atoms with Crippen molar-refractivity contribution in [3.63, 3.8) is 0 Å². The lowest BCUT2D eigenvalue weighted by atomic mass is 9.57. The first-order chi connectivity index (χ1) is 11.8. The third kappa shape index (κ3) is 3.92. The lowest BCUT2D eigenvalue weighted by Crippen LogP contribution is -2.57. The molecular weight excluding hydrogens is 333 g/mol. The predicted molar refractivity (Wildman–Crippen MR) is 88.3 cm³/mol. The number of rotatable bonds is 5. The number of benzene rings is 1. The highest BCUT2D eigenvalue weighted by atomic mass is 19.4. The van der Waals surface area contributed by atoms with Crippen LogP contribution in [0.15, 0.2) is 24.3 Å². The van der Waals surface area contributed by atoms with E-state index < -0.39 is 6.36 Å². The number of anilines is 1. The molecule has 4 rings (SSSR count).